The smallest absolute Gasteiger partial charge is 0.435 e. The van der Waals surface area contributed by atoms with Gasteiger partial charge in [-0.1, -0.05) is 19.8 Å². The van der Waals surface area contributed by atoms with E-state index in [1.54, 1.807) is 0 Å². The standard InChI is InChI=1S/C11H14F3N3O2/c1-2-3-4-7(10(18)19)15-9-6-5-8(16-17-9)11(12,13)14/h5-7H,2-4H2,1H3,(H,15,17)(H,18,19). The maximum atomic E-state index is 12.3. The van der Waals surface area contributed by atoms with Crippen molar-refractivity contribution < 1.29 is 23.1 Å². The second-order valence-corrected chi connectivity index (χ2v) is 3.98. The molecule has 5 nitrogen and oxygen atoms in total. The van der Waals surface area contributed by atoms with E-state index in [0.29, 0.717) is 12.8 Å². The van der Waals surface area contributed by atoms with Gasteiger partial charge in [0.05, 0.1) is 0 Å². The monoisotopic (exact) mass is 277 g/mol. The number of alkyl halides is 3. The maximum absolute atomic E-state index is 12.3. The van der Waals surface area contributed by atoms with Gasteiger partial charge in [-0.15, -0.1) is 10.2 Å². The molecule has 0 saturated carbocycles. The van der Waals surface area contributed by atoms with E-state index in [-0.39, 0.29) is 5.82 Å². The molecule has 8 heteroatoms. The number of unbranched alkanes of at least 4 members (excludes halogenated alkanes) is 1. The van der Waals surface area contributed by atoms with Gasteiger partial charge in [-0.2, -0.15) is 13.2 Å². The van der Waals surface area contributed by atoms with Gasteiger partial charge in [0.15, 0.2) is 5.69 Å². The van der Waals surface area contributed by atoms with Crippen LogP contribution in [0, 0.1) is 0 Å². The fraction of sp³-hybridized carbons (Fsp3) is 0.545. The van der Waals surface area contributed by atoms with Gasteiger partial charge in [-0.05, 0) is 18.6 Å². The molecule has 0 aliphatic carbocycles. The molecule has 0 saturated heterocycles. The first-order valence-corrected chi connectivity index (χ1v) is 5.75. The topological polar surface area (TPSA) is 75.1 Å². The maximum Gasteiger partial charge on any atom is 0.435 e. The number of hydrogen-bond acceptors (Lipinski definition) is 4. The molecule has 1 rings (SSSR count). The van der Waals surface area contributed by atoms with Gasteiger partial charge in [0.2, 0.25) is 0 Å². The van der Waals surface area contributed by atoms with Crippen LogP contribution < -0.4 is 5.32 Å². The molecule has 0 aliphatic rings. The van der Waals surface area contributed by atoms with Crippen molar-refractivity contribution in [3.8, 4) is 0 Å². The largest absolute Gasteiger partial charge is 0.480 e. The zero-order valence-corrected chi connectivity index (χ0v) is 10.2. The zero-order chi connectivity index (χ0) is 14.5. The third-order valence-electron chi connectivity index (χ3n) is 2.42. The van der Waals surface area contributed by atoms with Gasteiger partial charge in [0, 0.05) is 0 Å². The number of aliphatic carboxylic acids is 1. The average molecular weight is 277 g/mol. The second-order valence-electron chi connectivity index (χ2n) is 3.98. The van der Waals surface area contributed by atoms with Crippen molar-refractivity contribution in [2.45, 2.75) is 38.4 Å². The molecule has 2 N–H and O–H groups in total. The number of nitrogens with zero attached hydrogens (tertiary/aromatic N) is 2. The molecule has 0 amide bonds. The number of carbonyl (C=O) groups is 1. The van der Waals surface area contributed by atoms with Gasteiger partial charge < -0.3 is 10.4 Å². The van der Waals surface area contributed by atoms with Gasteiger partial charge in [0.25, 0.3) is 0 Å². The van der Waals surface area contributed by atoms with Gasteiger partial charge in [0.1, 0.15) is 11.9 Å². The molecule has 1 unspecified atom stereocenters. The fourth-order valence-electron chi connectivity index (χ4n) is 1.40. The molecule has 1 heterocycles. The van der Waals surface area contributed by atoms with E-state index in [2.05, 4.69) is 15.5 Å². The summed E-state index contributed by atoms with van der Waals surface area (Å²) in [4.78, 5) is 10.9. The molecule has 0 bridgehead atoms. The predicted molar refractivity (Wildman–Crippen MR) is 61.6 cm³/mol. The molecule has 106 valence electrons. The summed E-state index contributed by atoms with van der Waals surface area (Å²) in [6.07, 6.45) is -2.67. The Hall–Kier alpha value is -1.86. The molecule has 0 radical (unpaired) electrons. The van der Waals surface area contributed by atoms with Crippen molar-refractivity contribution >= 4 is 11.8 Å². The summed E-state index contributed by atoms with van der Waals surface area (Å²) < 4.78 is 36.8. The van der Waals surface area contributed by atoms with E-state index in [1.807, 2.05) is 6.92 Å². The summed E-state index contributed by atoms with van der Waals surface area (Å²) in [7, 11) is 0. The highest BCUT2D eigenvalue weighted by molar-refractivity contribution is 5.76. The molecule has 0 aliphatic heterocycles. The van der Waals surface area contributed by atoms with Gasteiger partial charge >= 0.3 is 12.1 Å². The van der Waals surface area contributed by atoms with Crippen molar-refractivity contribution in [2.24, 2.45) is 0 Å². The summed E-state index contributed by atoms with van der Waals surface area (Å²) in [5.41, 5.74) is -1.11. The zero-order valence-electron chi connectivity index (χ0n) is 10.2. The lowest BCUT2D eigenvalue weighted by Gasteiger charge is -2.14. The SMILES string of the molecule is CCCCC(Nc1ccc(C(F)(F)F)nn1)C(=O)O. The predicted octanol–water partition coefficient (Wildman–Crippen LogP) is 2.55. The van der Waals surface area contributed by atoms with Gasteiger partial charge in [-0.25, -0.2) is 4.79 Å². The van der Waals surface area contributed by atoms with Crippen molar-refractivity contribution in [3.05, 3.63) is 17.8 Å². The Labute approximate surface area is 107 Å². The fourth-order valence-corrected chi connectivity index (χ4v) is 1.40. The molecule has 19 heavy (non-hydrogen) atoms. The van der Waals surface area contributed by atoms with Crippen LogP contribution in [-0.2, 0) is 11.0 Å². The summed E-state index contributed by atoms with van der Waals surface area (Å²) >= 11 is 0. The third kappa shape index (κ3) is 4.72. The Morgan fingerprint density at radius 2 is 2.11 bits per heavy atom. The van der Waals surface area contributed by atoms with Crippen LogP contribution in [0.25, 0.3) is 0 Å². The lowest BCUT2D eigenvalue weighted by Crippen LogP contribution is -2.29. The summed E-state index contributed by atoms with van der Waals surface area (Å²) in [5, 5.41) is 17.8. The lowest BCUT2D eigenvalue weighted by molar-refractivity contribution is -0.142. The number of hydrogen-bond donors (Lipinski definition) is 2. The van der Waals surface area contributed by atoms with Crippen LogP contribution in [0.3, 0.4) is 0 Å². The lowest BCUT2D eigenvalue weighted by atomic mass is 10.1. The van der Waals surface area contributed by atoms with Crippen LogP contribution >= 0.6 is 0 Å². The van der Waals surface area contributed by atoms with Crippen LogP contribution in [0.5, 0.6) is 0 Å². The Balaban J connectivity index is 2.72. The van der Waals surface area contributed by atoms with Crippen LogP contribution in [0.15, 0.2) is 12.1 Å². The number of anilines is 1. The highest BCUT2D eigenvalue weighted by Crippen LogP contribution is 2.27. The molecule has 1 aromatic rings. The molecule has 0 aromatic carbocycles. The molecule has 1 atom stereocenters. The number of carboxylic acids is 1. The summed E-state index contributed by atoms with van der Waals surface area (Å²) in [6, 6.07) is 0.942. The molecular weight excluding hydrogens is 263 g/mol. The Morgan fingerprint density at radius 3 is 2.53 bits per heavy atom. The molecule has 1 aromatic heterocycles. The summed E-state index contributed by atoms with van der Waals surface area (Å²) in [5.74, 6) is -1.06. The highest BCUT2D eigenvalue weighted by atomic mass is 19.4. The Morgan fingerprint density at radius 1 is 1.42 bits per heavy atom. The van der Waals surface area contributed by atoms with E-state index in [9.17, 15) is 18.0 Å². The van der Waals surface area contributed by atoms with E-state index in [0.717, 1.165) is 18.6 Å². The number of carboxylic acid groups (broad SMARTS) is 1. The first-order chi connectivity index (χ1) is 8.84. The van der Waals surface area contributed by atoms with Crippen molar-refractivity contribution in [1.82, 2.24) is 10.2 Å². The second kappa shape index (κ2) is 6.35. The molecular formula is C11H14F3N3O2. The Bertz CT molecular complexity index is 420. The van der Waals surface area contributed by atoms with E-state index in [4.69, 9.17) is 5.11 Å². The van der Waals surface area contributed by atoms with Crippen LogP contribution in [0.4, 0.5) is 19.0 Å². The van der Waals surface area contributed by atoms with Crippen molar-refractivity contribution in [2.75, 3.05) is 5.32 Å². The van der Waals surface area contributed by atoms with E-state index in [1.165, 1.54) is 0 Å². The number of halogens is 3. The minimum Gasteiger partial charge on any atom is -0.480 e. The van der Waals surface area contributed by atoms with Crippen molar-refractivity contribution in [1.29, 1.82) is 0 Å². The molecule has 0 fully saturated rings. The minimum absolute atomic E-state index is 0.0107. The number of aromatic nitrogens is 2. The van der Waals surface area contributed by atoms with Crippen molar-refractivity contribution in [3.63, 3.8) is 0 Å². The minimum atomic E-state index is -4.56. The quantitative estimate of drug-likeness (QED) is 0.835. The first-order valence-electron chi connectivity index (χ1n) is 5.75. The van der Waals surface area contributed by atoms with E-state index < -0.39 is 23.9 Å². The van der Waals surface area contributed by atoms with Gasteiger partial charge in [-0.3, -0.25) is 0 Å². The summed E-state index contributed by atoms with van der Waals surface area (Å²) in [6.45, 7) is 1.91. The highest BCUT2D eigenvalue weighted by Gasteiger charge is 2.33. The Kier molecular flexibility index (Phi) is 5.08. The van der Waals surface area contributed by atoms with Crippen LogP contribution in [0.2, 0.25) is 0 Å². The normalized spacial score (nSPS) is 13.1. The third-order valence-corrected chi connectivity index (χ3v) is 2.42. The number of rotatable bonds is 6. The van der Waals surface area contributed by atoms with Crippen LogP contribution in [0.1, 0.15) is 31.9 Å². The average Bonchev–Trinajstić information content (AvgIpc) is 2.33. The van der Waals surface area contributed by atoms with Crippen LogP contribution in [-0.4, -0.2) is 27.3 Å². The first kappa shape index (κ1) is 15.2. The number of nitrogens with one attached hydrogen (secondary N) is 1. The van der Waals surface area contributed by atoms with E-state index >= 15 is 0 Å². The molecule has 0 spiro atoms.